The molecule has 0 aromatic heterocycles. The van der Waals surface area contributed by atoms with Crippen molar-refractivity contribution < 1.29 is 23.9 Å². The number of carbonyl (C=O) groups excluding carboxylic acids is 3. The van der Waals surface area contributed by atoms with E-state index < -0.39 is 18.5 Å². The number of ether oxygens (including phenoxy) is 2. The Balaban J connectivity index is 2.31. The van der Waals surface area contributed by atoms with E-state index in [1.807, 2.05) is 20.8 Å². The highest BCUT2D eigenvalue weighted by Gasteiger charge is 2.18. The van der Waals surface area contributed by atoms with Gasteiger partial charge in [-0.25, -0.2) is 4.79 Å². The van der Waals surface area contributed by atoms with Crippen LogP contribution in [0.4, 0.5) is 0 Å². The average molecular weight is 371 g/mol. The van der Waals surface area contributed by atoms with Crippen molar-refractivity contribution in [1.29, 1.82) is 0 Å². The molecule has 0 saturated carbocycles. The molecule has 0 spiro atoms. The molecule has 138 valence electrons. The van der Waals surface area contributed by atoms with Crippen molar-refractivity contribution in [1.82, 2.24) is 10.2 Å². The number of nitrogens with zero attached hydrogens (tertiary/aromatic N) is 1. The third-order valence-corrected chi connectivity index (χ3v) is 3.10. The maximum Gasteiger partial charge on any atom is 0.344 e. The largest absolute Gasteiger partial charge is 0.482 e. The Labute approximate surface area is 152 Å². The standard InChI is InChI=1S/C17H23ClN2O5/c1-17(2,3)19-14(21)9-20(4)15(22)10-25-16(23)11-24-13-7-5-12(18)6-8-13/h5-8H,9-11H2,1-4H3,(H,19,21). The van der Waals surface area contributed by atoms with Gasteiger partial charge < -0.3 is 19.7 Å². The van der Waals surface area contributed by atoms with E-state index in [0.717, 1.165) is 0 Å². The molecule has 1 aromatic carbocycles. The number of likely N-dealkylation sites (N-methyl/N-ethyl adjacent to an activating group) is 1. The molecule has 8 heteroatoms. The van der Waals surface area contributed by atoms with Gasteiger partial charge in [0.2, 0.25) is 5.91 Å². The van der Waals surface area contributed by atoms with Gasteiger partial charge in [0, 0.05) is 17.6 Å². The fraction of sp³-hybridized carbons (Fsp3) is 0.471. The van der Waals surface area contributed by atoms with E-state index in [1.165, 1.54) is 11.9 Å². The van der Waals surface area contributed by atoms with Crippen molar-refractivity contribution in [3.63, 3.8) is 0 Å². The topological polar surface area (TPSA) is 84.9 Å². The third-order valence-electron chi connectivity index (χ3n) is 2.85. The van der Waals surface area contributed by atoms with Gasteiger partial charge in [-0.1, -0.05) is 11.6 Å². The van der Waals surface area contributed by atoms with Crippen molar-refractivity contribution in [2.75, 3.05) is 26.8 Å². The first-order chi connectivity index (χ1) is 11.6. The Hall–Kier alpha value is -2.28. The molecular weight excluding hydrogens is 348 g/mol. The minimum absolute atomic E-state index is 0.116. The van der Waals surface area contributed by atoms with Crippen LogP contribution in [0.1, 0.15) is 20.8 Å². The number of halogens is 1. The summed E-state index contributed by atoms with van der Waals surface area (Å²) in [7, 11) is 1.46. The number of esters is 1. The summed E-state index contributed by atoms with van der Waals surface area (Å²) in [6.45, 7) is 4.62. The fourth-order valence-corrected chi connectivity index (χ4v) is 1.85. The molecule has 0 heterocycles. The summed E-state index contributed by atoms with van der Waals surface area (Å²) in [6.07, 6.45) is 0. The highest BCUT2D eigenvalue weighted by atomic mass is 35.5. The molecular formula is C17H23ClN2O5. The SMILES string of the molecule is CN(CC(=O)NC(C)(C)C)C(=O)COC(=O)COc1ccc(Cl)cc1. The van der Waals surface area contributed by atoms with Crippen molar-refractivity contribution in [2.45, 2.75) is 26.3 Å². The maximum absolute atomic E-state index is 11.9. The Bertz CT molecular complexity index is 610. The molecule has 0 fully saturated rings. The van der Waals surface area contributed by atoms with Crippen LogP contribution in [0.3, 0.4) is 0 Å². The molecule has 2 amide bonds. The molecule has 0 aliphatic heterocycles. The summed E-state index contributed by atoms with van der Waals surface area (Å²) >= 11 is 5.74. The summed E-state index contributed by atoms with van der Waals surface area (Å²) < 4.78 is 10.1. The van der Waals surface area contributed by atoms with Crippen LogP contribution in [-0.4, -0.2) is 55.0 Å². The summed E-state index contributed by atoms with van der Waals surface area (Å²) in [6, 6.07) is 6.48. The van der Waals surface area contributed by atoms with Gasteiger partial charge in [0.1, 0.15) is 5.75 Å². The number of hydrogen-bond acceptors (Lipinski definition) is 5. The quantitative estimate of drug-likeness (QED) is 0.737. The van der Waals surface area contributed by atoms with E-state index in [-0.39, 0.29) is 24.6 Å². The smallest absolute Gasteiger partial charge is 0.344 e. The number of benzene rings is 1. The zero-order valence-electron chi connectivity index (χ0n) is 14.8. The van der Waals surface area contributed by atoms with Gasteiger partial charge in [0.05, 0.1) is 6.54 Å². The number of carbonyl (C=O) groups is 3. The van der Waals surface area contributed by atoms with Crippen molar-refractivity contribution >= 4 is 29.4 Å². The molecule has 0 unspecified atom stereocenters. The Morgan fingerprint density at radius 2 is 1.72 bits per heavy atom. The van der Waals surface area contributed by atoms with E-state index in [1.54, 1.807) is 24.3 Å². The van der Waals surface area contributed by atoms with Gasteiger partial charge in [-0.3, -0.25) is 9.59 Å². The lowest BCUT2D eigenvalue weighted by molar-refractivity contribution is -0.153. The van der Waals surface area contributed by atoms with Gasteiger partial charge in [0.15, 0.2) is 13.2 Å². The molecule has 1 aromatic rings. The van der Waals surface area contributed by atoms with Crippen molar-refractivity contribution in [2.24, 2.45) is 0 Å². The van der Waals surface area contributed by atoms with E-state index >= 15 is 0 Å². The Kier molecular flexibility index (Phi) is 7.70. The Morgan fingerprint density at radius 3 is 2.28 bits per heavy atom. The summed E-state index contributed by atoms with van der Waals surface area (Å²) in [5.41, 5.74) is -0.382. The fourth-order valence-electron chi connectivity index (χ4n) is 1.73. The second-order valence-electron chi connectivity index (χ2n) is 6.45. The lowest BCUT2D eigenvalue weighted by atomic mass is 10.1. The molecule has 25 heavy (non-hydrogen) atoms. The van der Waals surface area contributed by atoms with E-state index in [2.05, 4.69) is 5.32 Å². The highest BCUT2D eigenvalue weighted by molar-refractivity contribution is 6.30. The summed E-state index contributed by atoms with van der Waals surface area (Å²) in [5.74, 6) is -0.996. The molecule has 1 N–H and O–H groups in total. The first-order valence-corrected chi connectivity index (χ1v) is 8.03. The molecule has 0 radical (unpaired) electrons. The van der Waals surface area contributed by atoms with Crippen LogP contribution in [0.2, 0.25) is 5.02 Å². The molecule has 1 rings (SSSR count). The van der Waals surface area contributed by atoms with Crippen molar-refractivity contribution in [3.8, 4) is 5.75 Å². The van der Waals surface area contributed by atoms with Gasteiger partial charge in [0.25, 0.3) is 5.91 Å². The van der Waals surface area contributed by atoms with Crippen LogP contribution in [0.15, 0.2) is 24.3 Å². The first kappa shape index (κ1) is 20.8. The molecule has 0 bridgehead atoms. The number of nitrogens with one attached hydrogen (secondary N) is 1. The van der Waals surface area contributed by atoms with Gasteiger partial charge in [-0.05, 0) is 45.0 Å². The van der Waals surface area contributed by atoms with Crippen LogP contribution in [0.5, 0.6) is 5.75 Å². The second-order valence-corrected chi connectivity index (χ2v) is 6.89. The lowest BCUT2D eigenvalue weighted by Gasteiger charge is -2.23. The van der Waals surface area contributed by atoms with E-state index in [4.69, 9.17) is 21.1 Å². The van der Waals surface area contributed by atoms with Crippen molar-refractivity contribution in [3.05, 3.63) is 29.3 Å². The molecule has 0 atom stereocenters. The predicted octanol–water partition coefficient (Wildman–Crippen LogP) is 1.64. The monoisotopic (exact) mass is 370 g/mol. The Morgan fingerprint density at radius 1 is 1.12 bits per heavy atom. The van der Waals surface area contributed by atoms with Crippen LogP contribution < -0.4 is 10.1 Å². The average Bonchev–Trinajstić information content (AvgIpc) is 2.50. The number of hydrogen-bond donors (Lipinski definition) is 1. The normalized spacial score (nSPS) is 10.8. The summed E-state index contributed by atoms with van der Waals surface area (Å²) in [5, 5.41) is 3.30. The van der Waals surface area contributed by atoms with Crippen LogP contribution in [0, 0.1) is 0 Å². The minimum atomic E-state index is -0.684. The van der Waals surface area contributed by atoms with E-state index in [0.29, 0.717) is 10.8 Å². The van der Waals surface area contributed by atoms with Crippen LogP contribution in [-0.2, 0) is 19.1 Å². The summed E-state index contributed by atoms with van der Waals surface area (Å²) in [4.78, 5) is 36.4. The lowest BCUT2D eigenvalue weighted by Crippen LogP contribution is -2.47. The van der Waals surface area contributed by atoms with Gasteiger partial charge >= 0.3 is 5.97 Å². The molecule has 0 aliphatic rings. The van der Waals surface area contributed by atoms with Crippen LogP contribution >= 0.6 is 11.6 Å². The van der Waals surface area contributed by atoms with Gasteiger partial charge in [-0.15, -0.1) is 0 Å². The molecule has 0 saturated heterocycles. The molecule has 0 aliphatic carbocycles. The highest BCUT2D eigenvalue weighted by Crippen LogP contribution is 2.15. The predicted molar refractivity (Wildman–Crippen MR) is 93.4 cm³/mol. The van der Waals surface area contributed by atoms with E-state index in [9.17, 15) is 14.4 Å². The number of rotatable bonds is 7. The van der Waals surface area contributed by atoms with Crippen LogP contribution in [0.25, 0.3) is 0 Å². The zero-order valence-corrected chi connectivity index (χ0v) is 15.6. The zero-order chi connectivity index (χ0) is 19.0. The number of amides is 2. The first-order valence-electron chi connectivity index (χ1n) is 7.66. The second kappa shape index (κ2) is 9.27. The molecule has 7 nitrogen and oxygen atoms in total. The third kappa shape index (κ3) is 8.95. The van der Waals surface area contributed by atoms with Gasteiger partial charge in [-0.2, -0.15) is 0 Å². The maximum atomic E-state index is 11.9. The minimum Gasteiger partial charge on any atom is -0.482 e.